The first-order valence-electron chi connectivity index (χ1n) is 5.71. The number of aliphatic hydroxyl groups is 1. The van der Waals surface area contributed by atoms with Crippen LogP contribution in [-0.2, 0) is 0 Å². The maximum Gasteiger partial charge on any atom is 0.286 e. The van der Waals surface area contributed by atoms with Crippen LogP contribution in [0.4, 0.5) is 5.69 Å². The average Bonchev–Trinajstić information content (AvgIpc) is 2.38. The molecule has 0 aromatic heterocycles. The third kappa shape index (κ3) is 4.00. The molecule has 0 saturated carbocycles. The third-order valence-electron chi connectivity index (χ3n) is 2.53. The molecule has 0 bridgehead atoms. The zero-order valence-electron chi connectivity index (χ0n) is 11.1. The second-order valence-electron chi connectivity index (χ2n) is 3.87. The highest BCUT2D eigenvalue weighted by molar-refractivity contribution is 8.00. The number of hydrogen-bond donors (Lipinski definition) is 1. The molecule has 1 aromatic carbocycles. The SMILES string of the molecule is COc1cc(SC(C)CCO)c([N+](=O)[O-])cc1OC. The molecule has 1 aromatic rings. The number of methoxy groups -OCH3 is 2. The van der Waals surface area contributed by atoms with E-state index in [1.807, 2.05) is 6.92 Å². The zero-order valence-corrected chi connectivity index (χ0v) is 11.9. The lowest BCUT2D eigenvalue weighted by Crippen LogP contribution is -2.02. The molecule has 19 heavy (non-hydrogen) atoms. The van der Waals surface area contributed by atoms with Crippen LogP contribution < -0.4 is 9.47 Å². The van der Waals surface area contributed by atoms with E-state index in [4.69, 9.17) is 14.6 Å². The van der Waals surface area contributed by atoms with Crippen LogP contribution in [0.15, 0.2) is 17.0 Å². The molecular formula is C12H17NO5S. The summed E-state index contributed by atoms with van der Waals surface area (Å²) in [6.07, 6.45) is 0.566. The molecule has 106 valence electrons. The predicted octanol–water partition coefficient (Wildman–Crippen LogP) is 2.48. The molecule has 1 atom stereocenters. The fourth-order valence-electron chi connectivity index (χ4n) is 1.54. The van der Waals surface area contributed by atoms with E-state index in [-0.39, 0.29) is 17.5 Å². The van der Waals surface area contributed by atoms with E-state index >= 15 is 0 Å². The lowest BCUT2D eigenvalue weighted by atomic mass is 10.3. The minimum Gasteiger partial charge on any atom is -0.493 e. The molecule has 0 aliphatic rings. The third-order valence-corrected chi connectivity index (χ3v) is 3.74. The van der Waals surface area contributed by atoms with Crippen LogP contribution >= 0.6 is 11.8 Å². The fourth-order valence-corrected chi connectivity index (χ4v) is 2.63. The van der Waals surface area contributed by atoms with Gasteiger partial charge in [-0.2, -0.15) is 0 Å². The van der Waals surface area contributed by atoms with Crippen molar-refractivity contribution in [1.29, 1.82) is 0 Å². The zero-order chi connectivity index (χ0) is 14.4. The van der Waals surface area contributed by atoms with Gasteiger partial charge in [0, 0.05) is 17.9 Å². The van der Waals surface area contributed by atoms with E-state index < -0.39 is 4.92 Å². The molecule has 0 fully saturated rings. The van der Waals surface area contributed by atoms with Crippen LogP contribution in [0.3, 0.4) is 0 Å². The van der Waals surface area contributed by atoms with Crippen molar-refractivity contribution in [3.63, 3.8) is 0 Å². The van der Waals surface area contributed by atoms with Crippen LogP contribution in [0, 0.1) is 10.1 Å². The van der Waals surface area contributed by atoms with Gasteiger partial charge >= 0.3 is 0 Å². The van der Waals surface area contributed by atoms with E-state index in [9.17, 15) is 10.1 Å². The lowest BCUT2D eigenvalue weighted by Gasteiger charge is -2.13. The van der Waals surface area contributed by atoms with Gasteiger partial charge in [0.2, 0.25) is 0 Å². The number of aliphatic hydroxyl groups excluding tert-OH is 1. The largest absolute Gasteiger partial charge is 0.493 e. The van der Waals surface area contributed by atoms with Gasteiger partial charge in [-0.1, -0.05) is 6.92 Å². The summed E-state index contributed by atoms with van der Waals surface area (Å²) >= 11 is 1.33. The van der Waals surface area contributed by atoms with E-state index in [2.05, 4.69) is 0 Å². The smallest absolute Gasteiger partial charge is 0.286 e. The van der Waals surface area contributed by atoms with Crippen molar-refractivity contribution in [2.24, 2.45) is 0 Å². The Hall–Kier alpha value is -1.47. The van der Waals surface area contributed by atoms with Gasteiger partial charge in [0.25, 0.3) is 5.69 Å². The quantitative estimate of drug-likeness (QED) is 0.471. The Morgan fingerprint density at radius 3 is 2.42 bits per heavy atom. The standard InChI is InChI=1S/C12H17NO5S/c1-8(4-5-14)19-12-7-11(18-3)10(17-2)6-9(12)13(15)16/h6-8,14H,4-5H2,1-3H3. The molecule has 1 rings (SSSR count). The van der Waals surface area contributed by atoms with Gasteiger partial charge in [0.1, 0.15) is 0 Å². The Balaban J connectivity index is 3.16. The first kappa shape index (κ1) is 15.6. The van der Waals surface area contributed by atoms with Crippen molar-refractivity contribution in [3.8, 4) is 11.5 Å². The Morgan fingerprint density at radius 1 is 1.37 bits per heavy atom. The molecule has 1 N–H and O–H groups in total. The molecule has 0 spiro atoms. The number of nitro groups is 1. The highest BCUT2D eigenvalue weighted by Gasteiger charge is 2.21. The van der Waals surface area contributed by atoms with Crippen molar-refractivity contribution in [2.45, 2.75) is 23.5 Å². The van der Waals surface area contributed by atoms with Crippen molar-refractivity contribution >= 4 is 17.4 Å². The van der Waals surface area contributed by atoms with Gasteiger partial charge < -0.3 is 14.6 Å². The molecule has 0 radical (unpaired) electrons. The molecular weight excluding hydrogens is 270 g/mol. The highest BCUT2D eigenvalue weighted by Crippen LogP contribution is 2.41. The van der Waals surface area contributed by atoms with Crippen LogP contribution in [0.2, 0.25) is 0 Å². The van der Waals surface area contributed by atoms with Crippen molar-refractivity contribution in [1.82, 2.24) is 0 Å². The van der Waals surface area contributed by atoms with Crippen LogP contribution in [0.25, 0.3) is 0 Å². The summed E-state index contributed by atoms with van der Waals surface area (Å²) in [6.45, 7) is 1.95. The lowest BCUT2D eigenvalue weighted by molar-refractivity contribution is -0.387. The second-order valence-corrected chi connectivity index (χ2v) is 5.35. The molecule has 7 heteroatoms. The molecule has 6 nitrogen and oxygen atoms in total. The Kier molecular flexibility index (Phi) is 5.91. The minimum atomic E-state index is -0.448. The normalized spacial score (nSPS) is 12.0. The molecule has 0 heterocycles. The average molecular weight is 287 g/mol. The van der Waals surface area contributed by atoms with Gasteiger partial charge in [0.15, 0.2) is 11.5 Å². The van der Waals surface area contributed by atoms with Gasteiger partial charge in [-0.05, 0) is 6.42 Å². The molecule has 0 amide bonds. The molecule has 0 saturated heterocycles. The van der Waals surface area contributed by atoms with Crippen LogP contribution in [-0.4, -0.2) is 36.1 Å². The topological polar surface area (TPSA) is 81.8 Å². The maximum absolute atomic E-state index is 11.1. The Labute approximate surface area is 115 Å². The van der Waals surface area contributed by atoms with E-state index in [0.717, 1.165) is 0 Å². The summed E-state index contributed by atoms with van der Waals surface area (Å²) in [5.41, 5.74) is -0.0209. The highest BCUT2D eigenvalue weighted by atomic mass is 32.2. The van der Waals surface area contributed by atoms with E-state index in [1.165, 1.54) is 32.0 Å². The van der Waals surface area contributed by atoms with Gasteiger partial charge in [0.05, 0.1) is 30.1 Å². The maximum atomic E-state index is 11.1. The van der Waals surface area contributed by atoms with Crippen LogP contribution in [0.5, 0.6) is 11.5 Å². The summed E-state index contributed by atoms with van der Waals surface area (Å²) in [7, 11) is 2.91. The van der Waals surface area contributed by atoms with Gasteiger partial charge in [-0.15, -0.1) is 11.8 Å². The molecule has 1 unspecified atom stereocenters. The number of benzene rings is 1. The first-order chi connectivity index (χ1) is 9.03. The summed E-state index contributed by atoms with van der Waals surface area (Å²) in [5.74, 6) is 0.778. The summed E-state index contributed by atoms with van der Waals surface area (Å²) in [4.78, 5) is 11.1. The molecule has 0 aliphatic heterocycles. The Bertz CT molecular complexity index is 452. The first-order valence-corrected chi connectivity index (χ1v) is 6.59. The van der Waals surface area contributed by atoms with Crippen molar-refractivity contribution in [3.05, 3.63) is 22.2 Å². The number of ether oxygens (including phenoxy) is 2. The summed E-state index contributed by atoms with van der Waals surface area (Å²) in [5, 5.41) is 20.0. The van der Waals surface area contributed by atoms with Gasteiger partial charge in [-0.25, -0.2) is 0 Å². The van der Waals surface area contributed by atoms with E-state index in [0.29, 0.717) is 22.8 Å². The summed E-state index contributed by atoms with van der Waals surface area (Å²) in [6, 6.07) is 2.95. The van der Waals surface area contributed by atoms with E-state index in [1.54, 1.807) is 6.07 Å². The number of hydrogen-bond acceptors (Lipinski definition) is 6. The van der Waals surface area contributed by atoms with Crippen LogP contribution in [0.1, 0.15) is 13.3 Å². The fraction of sp³-hybridized carbons (Fsp3) is 0.500. The van der Waals surface area contributed by atoms with Crippen molar-refractivity contribution in [2.75, 3.05) is 20.8 Å². The minimum absolute atomic E-state index is 0.0209. The molecule has 0 aliphatic carbocycles. The monoisotopic (exact) mass is 287 g/mol. The van der Waals surface area contributed by atoms with Gasteiger partial charge in [-0.3, -0.25) is 10.1 Å². The predicted molar refractivity (Wildman–Crippen MR) is 73.2 cm³/mol. The number of thioether (sulfide) groups is 1. The number of rotatable bonds is 7. The number of nitrogens with zero attached hydrogens (tertiary/aromatic N) is 1. The Morgan fingerprint density at radius 2 is 1.95 bits per heavy atom. The number of nitro benzene ring substituents is 1. The summed E-state index contributed by atoms with van der Waals surface area (Å²) < 4.78 is 10.2. The second kappa shape index (κ2) is 7.20. The van der Waals surface area contributed by atoms with Crippen molar-refractivity contribution < 1.29 is 19.5 Å².